The second-order valence-corrected chi connectivity index (χ2v) is 4.99. The highest BCUT2D eigenvalue weighted by Crippen LogP contribution is 2.13. The number of carbonyl (C=O) groups excluding carboxylic acids is 2. The zero-order valence-electron chi connectivity index (χ0n) is 12.4. The first-order chi connectivity index (χ1) is 10.6. The predicted octanol–water partition coefficient (Wildman–Crippen LogP) is 1.37. The minimum atomic E-state index is -1.11. The fourth-order valence-corrected chi connectivity index (χ4v) is 2.11. The Morgan fingerprint density at radius 3 is 2.64 bits per heavy atom. The fourth-order valence-electron chi connectivity index (χ4n) is 2.11. The molecule has 0 fully saturated rings. The van der Waals surface area contributed by atoms with E-state index >= 15 is 0 Å². The lowest BCUT2D eigenvalue weighted by Crippen LogP contribution is -2.31. The number of benzene rings is 1. The molecule has 2 aromatic rings. The van der Waals surface area contributed by atoms with Gasteiger partial charge in [0.1, 0.15) is 0 Å². The van der Waals surface area contributed by atoms with Crippen LogP contribution in [0.2, 0.25) is 0 Å². The number of rotatable bonds is 7. The molecule has 2 rings (SSSR count). The lowest BCUT2D eigenvalue weighted by Gasteiger charge is -2.14. The summed E-state index contributed by atoms with van der Waals surface area (Å²) < 4.78 is 1.66. The lowest BCUT2D eigenvalue weighted by atomic mass is 10.0. The molecule has 0 aliphatic rings. The van der Waals surface area contributed by atoms with Crippen LogP contribution in [0.15, 0.2) is 42.6 Å². The van der Waals surface area contributed by atoms with Crippen LogP contribution in [0.5, 0.6) is 0 Å². The molecule has 0 bridgehead atoms. The van der Waals surface area contributed by atoms with E-state index in [9.17, 15) is 14.7 Å². The number of amides is 1. The summed E-state index contributed by atoms with van der Waals surface area (Å²) in [5.41, 5.74) is 0.894. The molecule has 0 radical (unpaired) electrons. The third-order valence-corrected chi connectivity index (χ3v) is 3.42. The molecule has 6 nitrogen and oxygen atoms in total. The fraction of sp³-hybridized carbons (Fsp3) is 0.312. The smallest absolute Gasteiger partial charge is 0.225 e. The maximum Gasteiger partial charge on any atom is 0.225 e. The minimum absolute atomic E-state index is 0.130. The molecule has 1 aromatic heterocycles. The van der Waals surface area contributed by atoms with Crippen LogP contribution in [0, 0.1) is 5.92 Å². The van der Waals surface area contributed by atoms with Gasteiger partial charge in [0.25, 0.3) is 0 Å². The van der Waals surface area contributed by atoms with Gasteiger partial charge in [-0.15, -0.1) is 0 Å². The van der Waals surface area contributed by atoms with Gasteiger partial charge in [-0.2, -0.15) is 5.10 Å². The van der Waals surface area contributed by atoms with Crippen LogP contribution in [-0.2, 0) is 9.59 Å². The Morgan fingerprint density at radius 2 is 2.00 bits per heavy atom. The van der Waals surface area contributed by atoms with E-state index in [2.05, 4.69) is 10.4 Å². The van der Waals surface area contributed by atoms with Crippen molar-refractivity contribution < 1.29 is 14.7 Å². The molecule has 0 saturated carbocycles. The summed E-state index contributed by atoms with van der Waals surface area (Å²) in [4.78, 5) is 22.6. The van der Waals surface area contributed by atoms with Crippen LogP contribution in [0.4, 0.5) is 5.82 Å². The summed E-state index contributed by atoms with van der Waals surface area (Å²) in [5, 5.41) is 17.7. The number of nitrogens with zero attached hydrogens (tertiary/aromatic N) is 2. The van der Waals surface area contributed by atoms with Crippen molar-refractivity contribution in [2.45, 2.75) is 26.2 Å². The third kappa shape index (κ3) is 4.18. The molecule has 1 N–H and O–H groups in total. The maximum absolute atomic E-state index is 11.8. The van der Waals surface area contributed by atoms with E-state index in [0.717, 1.165) is 5.69 Å². The molecule has 0 aliphatic carbocycles. The van der Waals surface area contributed by atoms with Crippen molar-refractivity contribution in [3.8, 4) is 5.69 Å². The van der Waals surface area contributed by atoms with Crippen molar-refractivity contribution in [1.82, 2.24) is 9.78 Å². The van der Waals surface area contributed by atoms with Gasteiger partial charge in [-0.05, 0) is 30.9 Å². The molecule has 0 spiro atoms. The van der Waals surface area contributed by atoms with Gasteiger partial charge in [0, 0.05) is 24.7 Å². The van der Waals surface area contributed by atoms with E-state index in [1.165, 1.54) is 0 Å². The number of hydrogen-bond acceptors (Lipinski definition) is 4. The molecule has 0 aliphatic heterocycles. The Labute approximate surface area is 128 Å². The molecule has 116 valence electrons. The zero-order chi connectivity index (χ0) is 15.9. The number of hydrogen-bond donors (Lipinski definition) is 1. The van der Waals surface area contributed by atoms with Gasteiger partial charge in [-0.25, -0.2) is 4.68 Å². The Bertz CT molecular complexity index is 637. The molecule has 6 heteroatoms. The average molecular weight is 300 g/mol. The monoisotopic (exact) mass is 300 g/mol. The average Bonchev–Trinajstić information content (AvgIpc) is 2.97. The van der Waals surface area contributed by atoms with Crippen molar-refractivity contribution >= 4 is 17.7 Å². The lowest BCUT2D eigenvalue weighted by molar-refractivity contribution is -0.311. The highest BCUT2D eigenvalue weighted by atomic mass is 16.4. The van der Waals surface area contributed by atoms with Crippen molar-refractivity contribution in [2.75, 3.05) is 5.32 Å². The first-order valence-corrected chi connectivity index (χ1v) is 7.22. The molecular formula is C16H18N3O3-. The number of aliphatic carboxylic acids is 1. The number of para-hydroxylation sites is 1. The largest absolute Gasteiger partial charge is 0.550 e. The first kappa shape index (κ1) is 15.8. The Morgan fingerprint density at radius 1 is 1.27 bits per heavy atom. The van der Waals surface area contributed by atoms with E-state index in [-0.39, 0.29) is 18.7 Å². The molecule has 0 saturated heterocycles. The number of carbonyl (C=O) groups is 2. The van der Waals surface area contributed by atoms with Crippen LogP contribution in [0.1, 0.15) is 26.2 Å². The summed E-state index contributed by atoms with van der Waals surface area (Å²) in [5.74, 6) is -1.51. The second-order valence-electron chi connectivity index (χ2n) is 4.99. The number of anilines is 1. The summed E-state index contributed by atoms with van der Waals surface area (Å²) >= 11 is 0. The molecule has 1 unspecified atom stereocenters. The van der Waals surface area contributed by atoms with E-state index in [1.807, 2.05) is 30.3 Å². The summed E-state index contributed by atoms with van der Waals surface area (Å²) in [7, 11) is 0. The SMILES string of the molecule is CCC(CCC(=O)Nc1ccn(-c2ccccc2)n1)C(=O)[O-]. The molecular weight excluding hydrogens is 282 g/mol. The van der Waals surface area contributed by atoms with Crippen LogP contribution in [-0.4, -0.2) is 21.7 Å². The predicted molar refractivity (Wildman–Crippen MR) is 80.2 cm³/mol. The van der Waals surface area contributed by atoms with Gasteiger partial charge in [0.05, 0.1) is 5.69 Å². The van der Waals surface area contributed by atoms with Crippen LogP contribution < -0.4 is 10.4 Å². The Kier molecular flexibility index (Phi) is 5.30. The molecule has 1 atom stereocenters. The van der Waals surface area contributed by atoms with E-state index in [4.69, 9.17) is 0 Å². The third-order valence-electron chi connectivity index (χ3n) is 3.42. The van der Waals surface area contributed by atoms with Crippen LogP contribution >= 0.6 is 0 Å². The van der Waals surface area contributed by atoms with Crippen molar-refractivity contribution in [3.05, 3.63) is 42.6 Å². The highest BCUT2D eigenvalue weighted by Gasteiger charge is 2.11. The number of carboxylic acid groups (broad SMARTS) is 1. The van der Waals surface area contributed by atoms with Gasteiger partial charge < -0.3 is 15.2 Å². The van der Waals surface area contributed by atoms with E-state index < -0.39 is 11.9 Å². The second kappa shape index (κ2) is 7.40. The standard InChI is InChI=1S/C16H19N3O3/c1-2-12(16(21)22)8-9-15(20)17-14-10-11-19(18-14)13-6-4-3-5-7-13/h3-7,10-12H,2,8-9H2,1H3,(H,21,22)(H,17,18,20)/p-1. The topological polar surface area (TPSA) is 87.0 Å². The Hall–Kier alpha value is -2.63. The van der Waals surface area contributed by atoms with Gasteiger partial charge in [0.2, 0.25) is 5.91 Å². The highest BCUT2D eigenvalue weighted by molar-refractivity contribution is 5.89. The van der Waals surface area contributed by atoms with E-state index in [0.29, 0.717) is 12.2 Å². The van der Waals surface area contributed by atoms with Gasteiger partial charge >= 0.3 is 0 Å². The quantitative estimate of drug-likeness (QED) is 0.836. The van der Waals surface area contributed by atoms with Crippen molar-refractivity contribution in [3.63, 3.8) is 0 Å². The number of aromatic nitrogens is 2. The maximum atomic E-state index is 11.8. The summed E-state index contributed by atoms with van der Waals surface area (Å²) in [6.07, 6.45) is 2.61. The van der Waals surface area contributed by atoms with Crippen LogP contribution in [0.3, 0.4) is 0 Å². The Balaban J connectivity index is 1.90. The minimum Gasteiger partial charge on any atom is -0.550 e. The summed E-state index contributed by atoms with van der Waals surface area (Å²) in [6.45, 7) is 1.76. The van der Waals surface area contributed by atoms with E-state index in [1.54, 1.807) is 23.9 Å². The zero-order valence-corrected chi connectivity index (χ0v) is 12.4. The molecule has 22 heavy (non-hydrogen) atoms. The number of nitrogens with one attached hydrogen (secondary N) is 1. The summed E-state index contributed by atoms with van der Waals surface area (Å²) in [6, 6.07) is 11.2. The van der Waals surface area contributed by atoms with Gasteiger partial charge in [0.15, 0.2) is 5.82 Å². The molecule has 1 amide bonds. The van der Waals surface area contributed by atoms with Gasteiger partial charge in [-0.1, -0.05) is 25.1 Å². The first-order valence-electron chi connectivity index (χ1n) is 7.22. The molecule has 1 heterocycles. The van der Waals surface area contributed by atoms with Gasteiger partial charge in [-0.3, -0.25) is 4.79 Å². The van der Waals surface area contributed by atoms with Crippen molar-refractivity contribution in [1.29, 1.82) is 0 Å². The van der Waals surface area contributed by atoms with Crippen molar-refractivity contribution in [2.24, 2.45) is 5.92 Å². The normalized spacial score (nSPS) is 11.9. The molecule has 1 aromatic carbocycles. The number of carboxylic acids is 1. The van der Waals surface area contributed by atoms with Crippen LogP contribution in [0.25, 0.3) is 5.69 Å².